The van der Waals surface area contributed by atoms with Crippen molar-refractivity contribution in [3.05, 3.63) is 76.0 Å². The summed E-state index contributed by atoms with van der Waals surface area (Å²) in [4.78, 5) is 30.8. The van der Waals surface area contributed by atoms with E-state index in [0.717, 1.165) is 36.1 Å². The summed E-state index contributed by atoms with van der Waals surface area (Å²) < 4.78 is 10.8. The number of ether oxygens (including phenoxy) is 2. The van der Waals surface area contributed by atoms with Gasteiger partial charge in [-0.3, -0.25) is 9.59 Å². The molecule has 0 unspecified atom stereocenters. The van der Waals surface area contributed by atoms with Crippen LogP contribution in [0.5, 0.6) is 11.5 Å². The second kappa shape index (κ2) is 9.50. The van der Waals surface area contributed by atoms with Gasteiger partial charge in [0.25, 0.3) is 5.91 Å². The van der Waals surface area contributed by atoms with Crippen LogP contribution >= 0.6 is 11.3 Å². The second-order valence-corrected chi connectivity index (χ2v) is 9.71. The first kappa shape index (κ1) is 22.5. The Morgan fingerprint density at radius 3 is 2.53 bits per heavy atom. The number of rotatable bonds is 6. The SMILES string of the molecule is COc1ccc(OC)c(NC(=O)[C@@H]2c3ccccc3C(=O)N(C3CCCC3)[C@H]2c2cccs2)c1. The molecule has 1 N–H and O–H groups in total. The minimum atomic E-state index is -0.552. The van der Waals surface area contributed by atoms with E-state index >= 15 is 0 Å². The Morgan fingerprint density at radius 2 is 1.82 bits per heavy atom. The van der Waals surface area contributed by atoms with Gasteiger partial charge in [0.05, 0.1) is 31.9 Å². The topological polar surface area (TPSA) is 67.9 Å². The summed E-state index contributed by atoms with van der Waals surface area (Å²) >= 11 is 1.59. The van der Waals surface area contributed by atoms with Crippen LogP contribution in [0.15, 0.2) is 60.0 Å². The van der Waals surface area contributed by atoms with Crippen molar-refractivity contribution in [1.82, 2.24) is 4.90 Å². The first-order valence-electron chi connectivity index (χ1n) is 11.6. The Bertz CT molecular complexity index is 1190. The van der Waals surface area contributed by atoms with E-state index in [2.05, 4.69) is 5.32 Å². The van der Waals surface area contributed by atoms with Gasteiger partial charge in [-0.05, 0) is 48.1 Å². The molecule has 2 aromatic carbocycles. The molecule has 2 heterocycles. The summed E-state index contributed by atoms with van der Waals surface area (Å²) in [6.07, 6.45) is 4.14. The summed E-state index contributed by atoms with van der Waals surface area (Å²) in [7, 11) is 3.16. The van der Waals surface area contributed by atoms with E-state index in [-0.39, 0.29) is 23.9 Å². The number of fused-ring (bicyclic) bond motifs is 1. The lowest BCUT2D eigenvalue weighted by Crippen LogP contribution is -2.49. The van der Waals surface area contributed by atoms with Gasteiger partial charge < -0.3 is 19.7 Å². The van der Waals surface area contributed by atoms with Crippen molar-refractivity contribution in [3.8, 4) is 11.5 Å². The Labute approximate surface area is 203 Å². The standard InChI is InChI=1S/C27H28N2O4S/c1-32-18-13-14-22(33-2)21(16-18)28-26(30)24-19-10-5-6-11-20(19)27(31)29(17-8-3-4-9-17)25(24)23-12-7-15-34-23/h5-7,10-17,24-25H,3-4,8-9H2,1-2H3,(H,28,30)/t24-,25+/m1/s1. The summed E-state index contributed by atoms with van der Waals surface area (Å²) in [5, 5.41) is 5.09. The van der Waals surface area contributed by atoms with E-state index in [9.17, 15) is 9.59 Å². The molecule has 0 bridgehead atoms. The lowest BCUT2D eigenvalue weighted by atomic mass is 9.80. The smallest absolute Gasteiger partial charge is 0.254 e. The van der Waals surface area contributed by atoms with Gasteiger partial charge in [0.15, 0.2) is 0 Å². The third-order valence-corrected chi connectivity index (χ3v) is 7.82. The molecule has 1 aliphatic carbocycles. The number of amides is 2. The largest absolute Gasteiger partial charge is 0.497 e. The number of benzene rings is 2. The Morgan fingerprint density at radius 1 is 1.03 bits per heavy atom. The molecule has 2 aliphatic rings. The maximum atomic E-state index is 14.0. The van der Waals surface area contributed by atoms with E-state index in [1.54, 1.807) is 43.8 Å². The number of methoxy groups -OCH3 is 2. The van der Waals surface area contributed by atoms with Gasteiger partial charge in [0.1, 0.15) is 11.5 Å². The highest BCUT2D eigenvalue weighted by Crippen LogP contribution is 2.47. The monoisotopic (exact) mass is 476 g/mol. The third-order valence-electron chi connectivity index (χ3n) is 6.88. The Balaban J connectivity index is 1.61. The lowest BCUT2D eigenvalue weighted by molar-refractivity contribution is -0.119. The van der Waals surface area contributed by atoms with Gasteiger partial charge >= 0.3 is 0 Å². The molecule has 5 rings (SSSR count). The molecule has 1 aliphatic heterocycles. The fraction of sp³-hybridized carbons (Fsp3) is 0.333. The van der Waals surface area contributed by atoms with Crippen molar-refractivity contribution in [2.45, 2.75) is 43.7 Å². The number of nitrogens with zero attached hydrogens (tertiary/aromatic N) is 1. The molecule has 1 fully saturated rings. The molecule has 0 saturated heterocycles. The van der Waals surface area contributed by atoms with Crippen LogP contribution in [0, 0.1) is 0 Å². The number of hydrogen-bond acceptors (Lipinski definition) is 5. The zero-order chi connectivity index (χ0) is 23.7. The molecule has 2 amide bonds. The molecular formula is C27H28N2O4S. The maximum Gasteiger partial charge on any atom is 0.254 e. The Kier molecular flexibility index (Phi) is 6.28. The highest BCUT2D eigenvalue weighted by Gasteiger charge is 2.47. The maximum absolute atomic E-state index is 14.0. The molecule has 1 saturated carbocycles. The van der Waals surface area contributed by atoms with Crippen LogP contribution in [-0.4, -0.2) is 37.0 Å². The third kappa shape index (κ3) is 3.94. The quantitative estimate of drug-likeness (QED) is 0.501. The molecule has 7 heteroatoms. The predicted octanol–water partition coefficient (Wildman–Crippen LogP) is 5.63. The first-order valence-corrected chi connectivity index (χ1v) is 12.5. The molecule has 3 aromatic rings. The lowest BCUT2D eigenvalue weighted by Gasteiger charge is -2.44. The van der Waals surface area contributed by atoms with Gasteiger partial charge in [0, 0.05) is 22.5 Å². The molecule has 6 nitrogen and oxygen atoms in total. The fourth-order valence-electron chi connectivity index (χ4n) is 5.30. The van der Waals surface area contributed by atoms with E-state index < -0.39 is 5.92 Å². The van der Waals surface area contributed by atoms with Crippen LogP contribution in [0.4, 0.5) is 5.69 Å². The van der Waals surface area contributed by atoms with Crippen molar-refractivity contribution in [2.75, 3.05) is 19.5 Å². The molecule has 0 radical (unpaired) electrons. The minimum Gasteiger partial charge on any atom is -0.497 e. The number of carbonyl (C=O) groups is 2. The molecule has 34 heavy (non-hydrogen) atoms. The average molecular weight is 477 g/mol. The number of thiophene rings is 1. The van der Waals surface area contributed by atoms with Crippen molar-refractivity contribution in [2.24, 2.45) is 0 Å². The van der Waals surface area contributed by atoms with Crippen LogP contribution in [0.2, 0.25) is 0 Å². The highest BCUT2D eigenvalue weighted by molar-refractivity contribution is 7.10. The number of nitrogens with one attached hydrogen (secondary N) is 1. The van der Waals surface area contributed by atoms with Crippen LogP contribution in [0.1, 0.15) is 58.4 Å². The summed E-state index contributed by atoms with van der Waals surface area (Å²) in [5.41, 5.74) is 1.91. The molecular weight excluding hydrogens is 448 g/mol. The zero-order valence-electron chi connectivity index (χ0n) is 19.3. The number of hydrogen-bond donors (Lipinski definition) is 1. The van der Waals surface area contributed by atoms with E-state index in [1.165, 1.54) is 0 Å². The zero-order valence-corrected chi connectivity index (χ0v) is 20.1. The van der Waals surface area contributed by atoms with E-state index in [4.69, 9.17) is 9.47 Å². The summed E-state index contributed by atoms with van der Waals surface area (Å²) in [6.45, 7) is 0. The molecule has 176 valence electrons. The fourth-order valence-corrected chi connectivity index (χ4v) is 6.16. The number of anilines is 1. The molecule has 2 atom stereocenters. The Hall–Kier alpha value is -3.32. The van der Waals surface area contributed by atoms with Gasteiger partial charge in [-0.1, -0.05) is 37.1 Å². The summed E-state index contributed by atoms with van der Waals surface area (Å²) in [5.74, 6) is 0.466. The highest BCUT2D eigenvalue weighted by atomic mass is 32.1. The minimum absolute atomic E-state index is 0.0175. The van der Waals surface area contributed by atoms with E-state index in [0.29, 0.717) is 22.7 Å². The van der Waals surface area contributed by atoms with Gasteiger partial charge in [-0.2, -0.15) is 0 Å². The van der Waals surface area contributed by atoms with Crippen molar-refractivity contribution >= 4 is 28.8 Å². The van der Waals surface area contributed by atoms with Gasteiger partial charge in [-0.15, -0.1) is 11.3 Å². The van der Waals surface area contributed by atoms with Crippen LogP contribution in [-0.2, 0) is 4.79 Å². The van der Waals surface area contributed by atoms with Gasteiger partial charge in [0.2, 0.25) is 5.91 Å². The van der Waals surface area contributed by atoms with Crippen LogP contribution < -0.4 is 14.8 Å². The summed E-state index contributed by atoms with van der Waals surface area (Å²) in [6, 6.07) is 16.6. The van der Waals surface area contributed by atoms with Crippen LogP contribution in [0.25, 0.3) is 0 Å². The van der Waals surface area contributed by atoms with Crippen LogP contribution in [0.3, 0.4) is 0 Å². The van der Waals surface area contributed by atoms with Crippen molar-refractivity contribution < 1.29 is 19.1 Å². The average Bonchev–Trinajstić information content (AvgIpc) is 3.58. The number of carbonyl (C=O) groups excluding carboxylic acids is 2. The van der Waals surface area contributed by atoms with Crippen molar-refractivity contribution in [1.29, 1.82) is 0 Å². The van der Waals surface area contributed by atoms with E-state index in [1.807, 2.05) is 46.7 Å². The predicted molar refractivity (Wildman–Crippen MR) is 133 cm³/mol. The first-order chi connectivity index (χ1) is 16.6. The van der Waals surface area contributed by atoms with Crippen molar-refractivity contribution in [3.63, 3.8) is 0 Å². The molecule has 0 spiro atoms. The normalized spacial score (nSPS) is 20.2. The van der Waals surface area contributed by atoms with Gasteiger partial charge in [-0.25, -0.2) is 0 Å². The second-order valence-electron chi connectivity index (χ2n) is 8.73. The molecule has 1 aromatic heterocycles.